The van der Waals surface area contributed by atoms with Crippen LogP contribution in [0, 0.1) is 3.57 Å². The van der Waals surface area contributed by atoms with Crippen LogP contribution in [0.3, 0.4) is 0 Å². The van der Waals surface area contributed by atoms with E-state index in [9.17, 15) is 14.7 Å². The molecule has 1 saturated heterocycles. The van der Waals surface area contributed by atoms with E-state index in [1.165, 1.54) is 0 Å². The zero-order chi connectivity index (χ0) is 18.7. The first kappa shape index (κ1) is 18.2. The first-order chi connectivity index (χ1) is 12.5. The number of carbonyl (C=O) groups is 2. The molecule has 0 aliphatic carbocycles. The number of halogens is 1. The fourth-order valence-electron chi connectivity index (χ4n) is 2.59. The lowest BCUT2D eigenvalue weighted by atomic mass is 10.1. The smallest absolute Gasteiger partial charge is 0.329 e. The molecule has 0 atom stereocenters. The molecule has 0 aromatic heterocycles. The summed E-state index contributed by atoms with van der Waals surface area (Å²) in [7, 11) is 0. The van der Waals surface area contributed by atoms with Crippen molar-refractivity contribution in [2.45, 2.75) is 13.5 Å². The summed E-state index contributed by atoms with van der Waals surface area (Å²) < 4.78 is 6.00. The van der Waals surface area contributed by atoms with Crippen molar-refractivity contribution < 1.29 is 19.4 Å². The number of nitrogens with one attached hydrogen (secondary N) is 1. The molecule has 2 aromatic rings. The van der Waals surface area contributed by atoms with Crippen LogP contribution in [-0.2, 0) is 11.3 Å². The second-order valence-corrected chi connectivity index (χ2v) is 6.81. The summed E-state index contributed by atoms with van der Waals surface area (Å²) in [5, 5.41) is 12.6. The Balaban J connectivity index is 1.86. The Morgan fingerprint density at radius 1 is 1.23 bits per heavy atom. The van der Waals surface area contributed by atoms with E-state index < -0.39 is 6.03 Å². The third-order valence-corrected chi connectivity index (χ3v) is 4.63. The Bertz CT molecular complexity index is 881. The molecule has 26 heavy (non-hydrogen) atoms. The molecule has 0 bridgehead atoms. The monoisotopic (exact) mass is 464 g/mol. The number of ether oxygens (including phenoxy) is 1. The molecule has 3 rings (SSSR count). The lowest BCUT2D eigenvalue weighted by Crippen LogP contribution is -2.30. The number of phenolic OH excluding ortho intramolecular Hbond substituents is 1. The van der Waals surface area contributed by atoms with Gasteiger partial charge in [0.05, 0.1) is 16.7 Å². The molecular weight excluding hydrogens is 447 g/mol. The van der Waals surface area contributed by atoms with Crippen molar-refractivity contribution in [2.75, 3.05) is 6.61 Å². The summed E-state index contributed by atoms with van der Waals surface area (Å²) in [5.74, 6) is 0.00569. The van der Waals surface area contributed by atoms with E-state index in [0.29, 0.717) is 21.5 Å². The zero-order valence-corrected chi connectivity index (χ0v) is 16.2. The maximum atomic E-state index is 12.6. The maximum absolute atomic E-state index is 12.6. The van der Waals surface area contributed by atoms with E-state index in [2.05, 4.69) is 5.32 Å². The molecule has 2 N–H and O–H groups in total. The Morgan fingerprint density at radius 3 is 2.65 bits per heavy atom. The van der Waals surface area contributed by atoms with E-state index in [4.69, 9.17) is 4.74 Å². The van der Waals surface area contributed by atoms with Gasteiger partial charge in [-0.2, -0.15) is 0 Å². The number of rotatable bonds is 5. The van der Waals surface area contributed by atoms with Crippen LogP contribution in [0.25, 0.3) is 6.08 Å². The van der Waals surface area contributed by atoms with Crippen LogP contribution in [0.15, 0.2) is 48.2 Å². The normalized spacial score (nSPS) is 15.5. The van der Waals surface area contributed by atoms with Crippen LogP contribution >= 0.6 is 22.6 Å². The molecule has 0 saturated carbocycles. The fraction of sp³-hybridized carbons (Fsp3) is 0.158. The molecule has 1 aliphatic rings. The number of phenols is 1. The number of nitrogens with zero attached hydrogens (tertiary/aromatic N) is 1. The maximum Gasteiger partial charge on any atom is 0.329 e. The lowest BCUT2D eigenvalue weighted by molar-refractivity contribution is -0.123. The van der Waals surface area contributed by atoms with Crippen LogP contribution in [0.1, 0.15) is 18.1 Å². The molecule has 0 spiro atoms. The fourth-order valence-corrected chi connectivity index (χ4v) is 3.22. The quantitative estimate of drug-likeness (QED) is 0.404. The molecule has 0 unspecified atom stereocenters. The van der Waals surface area contributed by atoms with Gasteiger partial charge in [0, 0.05) is 0 Å². The van der Waals surface area contributed by atoms with Crippen LogP contribution < -0.4 is 10.1 Å². The minimum absolute atomic E-state index is 0.0575. The van der Waals surface area contributed by atoms with Crippen molar-refractivity contribution in [3.63, 3.8) is 0 Å². The Labute approximate surface area is 164 Å². The number of imide groups is 1. The molecule has 1 fully saturated rings. The predicted octanol–water partition coefficient (Wildman–Crippen LogP) is 3.49. The van der Waals surface area contributed by atoms with Gasteiger partial charge in [-0.1, -0.05) is 30.3 Å². The van der Waals surface area contributed by atoms with Gasteiger partial charge in [-0.3, -0.25) is 9.69 Å². The second kappa shape index (κ2) is 7.77. The average molecular weight is 464 g/mol. The van der Waals surface area contributed by atoms with E-state index >= 15 is 0 Å². The predicted molar refractivity (Wildman–Crippen MR) is 105 cm³/mol. The molecule has 1 heterocycles. The number of carbonyl (C=O) groups excluding carboxylic acids is 2. The summed E-state index contributed by atoms with van der Waals surface area (Å²) >= 11 is 1.99. The zero-order valence-electron chi connectivity index (χ0n) is 14.0. The largest absolute Gasteiger partial charge is 0.504 e. The van der Waals surface area contributed by atoms with E-state index in [1.54, 1.807) is 18.2 Å². The van der Waals surface area contributed by atoms with Gasteiger partial charge >= 0.3 is 6.03 Å². The highest BCUT2D eigenvalue weighted by Gasteiger charge is 2.33. The molecule has 7 heteroatoms. The first-order valence-electron chi connectivity index (χ1n) is 8.03. The molecule has 6 nitrogen and oxygen atoms in total. The first-order valence-corrected chi connectivity index (χ1v) is 9.11. The van der Waals surface area contributed by atoms with E-state index in [-0.39, 0.29) is 23.9 Å². The van der Waals surface area contributed by atoms with Crippen molar-refractivity contribution in [3.8, 4) is 11.5 Å². The number of aromatic hydroxyl groups is 1. The van der Waals surface area contributed by atoms with Crippen LogP contribution in [0.4, 0.5) is 4.79 Å². The van der Waals surface area contributed by atoms with Gasteiger partial charge in [-0.25, -0.2) is 4.79 Å². The molecule has 1 aliphatic heterocycles. The van der Waals surface area contributed by atoms with Crippen molar-refractivity contribution in [2.24, 2.45) is 0 Å². The lowest BCUT2D eigenvalue weighted by Gasteiger charge is -2.11. The number of urea groups is 1. The van der Waals surface area contributed by atoms with Crippen molar-refractivity contribution in [1.29, 1.82) is 0 Å². The second-order valence-electron chi connectivity index (χ2n) is 5.65. The van der Waals surface area contributed by atoms with Crippen LogP contribution in [0.5, 0.6) is 11.5 Å². The van der Waals surface area contributed by atoms with E-state index in [1.807, 2.05) is 59.8 Å². The summed E-state index contributed by atoms with van der Waals surface area (Å²) in [5.41, 5.74) is 1.71. The molecule has 2 aromatic carbocycles. The minimum atomic E-state index is -0.455. The van der Waals surface area contributed by atoms with Crippen LogP contribution in [0.2, 0.25) is 0 Å². The number of amides is 3. The number of benzene rings is 2. The summed E-state index contributed by atoms with van der Waals surface area (Å²) in [6, 6.07) is 12.2. The van der Waals surface area contributed by atoms with Crippen molar-refractivity contribution >= 4 is 40.6 Å². The van der Waals surface area contributed by atoms with Gasteiger partial charge in [-0.05, 0) is 58.9 Å². The average Bonchev–Trinajstić information content (AvgIpc) is 2.88. The van der Waals surface area contributed by atoms with Crippen molar-refractivity contribution in [3.05, 3.63) is 62.9 Å². The number of hydrogen-bond donors (Lipinski definition) is 2. The van der Waals surface area contributed by atoms with Crippen molar-refractivity contribution in [1.82, 2.24) is 10.2 Å². The van der Waals surface area contributed by atoms with Crippen LogP contribution in [-0.4, -0.2) is 28.6 Å². The molecule has 3 amide bonds. The SMILES string of the molecule is CCOc1cc(C=C2NC(=O)N(Cc3ccccc3)C2=O)cc(I)c1O. The van der Waals surface area contributed by atoms with E-state index in [0.717, 1.165) is 10.5 Å². The van der Waals surface area contributed by atoms with Gasteiger partial charge in [-0.15, -0.1) is 0 Å². The van der Waals surface area contributed by atoms with Gasteiger partial charge < -0.3 is 15.2 Å². The van der Waals surface area contributed by atoms with Gasteiger partial charge in [0.1, 0.15) is 5.70 Å². The Kier molecular flexibility index (Phi) is 5.46. The van der Waals surface area contributed by atoms with Gasteiger partial charge in [0.2, 0.25) is 0 Å². The summed E-state index contributed by atoms with van der Waals surface area (Å²) in [4.78, 5) is 25.9. The summed E-state index contributed by atoms with van der Waals surface area (Å²) in [6.45, 7) is 2.43. The summed E-state index contributed by atoms with van der Waals surface area (Å²) in [6.07, 6.45) is 1.58. The Morgan fingerprint density at radius 2 is 1.96 bits per heavy atom. The number of hydrogen-bond acceptors (Lipinski definition) is 4. The third-order valence-electron chi connectivity index (χ3n) is 3.81. The Hall–Kier alpha value is -2.55. The highest BCUT2D eigenvalue weighted by atomic mass is 127. The molecule has 134 valence electrons. The highest BCUT2D eigenvalue weighted by Crippen LogP contribution is 2.33. The topological polar surface area (TPSA) is 78.9 Å². The van der Waals surface area contributed by atoms with Gasteiger partial charge in [0.25, 0.3) is 5.91 Å². The third kappa shape index (κ3) is 3.82. The highest BCUT2D eigenvalue weighted by molar-refractivity contribution is 14.1. The molecule has 0 radical (unpaired) electrons. The molecular formula is C19H17IN2O4. The standard InChI is InChI=1S/C19H17IN2O4/c1-2-26-16-10-13(8-14(20)17(16)23)9-15-18(24)22(19(25)21-15)11-12-6-4-3-5-7-12/h3-10,23H,2,11H2,1H3,(H,21,25). The van der Waals surface area contributed by atoms with Gasteiger partial charge in [0.15, 0.2) is 11.5 Å². The minimum Gasteiger partial charge on any atom is -0.504 e.